The second-order valence-corrected chi connectivity index (χ2v) is 5.75. The summed E-state index contributed by atoms with van der Waals surface area (Å²) in [5.74, 6) is 0. The van der Waals surface area contributed by atoms with Gasteiger partial charge in [0.05, 0.1) is 6.10 Å². The Balaban J connectivity index is 3.15. The van der Waals surface area contributed by atoms with Gasteiger partial charge in [-0.3, -0.25) is 0 Å². The van der Waals surface area contributed by atoms with Gasteiger partial charge in [-0.25, -0.2) is 0 Å². The maximum absolute atomic E-state index is 9.48. The Morgan fingerprint density at radius 2 is 1.37 bits per heavy atom. The van der Waals surface area contributed by atoms with Gasteiger partial charge in [0.15, 0.2) is 0 Å². The Labute approximate surface area is 120 Å². The molecule has 0 aromatic rings. The highest BCUT2D eigenvalue weighted by Crippen LogP contribution is 2.11. The number of rotatable bonds is 13. The number of allylic oxidation sites excluding steroid dienone is 1. The van der Waals surface area contributed by atoms with Crippen molar-refractivity contribution < 1.29 is 5.11 Å². The fourth-order valence-corrected chi connectivity index (χ4v) is 2.16. The van der Waals surface area contributed by atoms with Crippen LogP contribution in [0.2, 0.25) is 0 Å². The van der Waals surface area contributed by atoms with E-state index in [1.165, 1.54) is 64.2 Å². The van der Waals surface area contributed by atoms with Gasteiger partial charge in [0.1, 0.15) is 0 Å². The molecule has 0 aromatic carbocycles. The monoisotopic (exact) mass is 269 g/mol. The third kappa shape index (κ3) is 13.9. The summed E-state index contributed by atoms with van der Waals surface area (Å²) in [4.78, 5) is 0. The third-order valence-corrected chi connectivity index (χ3v) is 3.60. The van der Waals surface area contributed by atoms with Gasteiger partial charge in [0.25, 0.3) is 0 Å². The van der Waals surface area contributed by atoms with E-state index >= 15 is 0 Å². The van der Waals surface area contributed by atoms with E-state index in [9.17, 15) is 5.11 Å². The highest BCUT2D eigenvalue weighted by molar-refractivity contribution is 4.92. The zero-order chi connectivity index (χ0) is 14.3. The summed E-state index contributed by atoms with van der Waals surface area (Å²) in [7, 11) is 0. The predicted molar refractivity (Wildman–Crippen MR) is 85.3 cm³/mol. The average Bonchev–Trinajstić information content (AvgIpc) is 2.39. The van der Waals surface area contributed by atoms with Gasteiger partial charge < -0.3 is 10.8 Å². The Hall–Kier alpha value is -0.340. The fourth-order valence-electron chi connectivity index (χ4n) is 2.16. The largest absolute Gasteiger partial charge is 0.387 e. The predicted octanol–water partition coefficient (Wildman–Crippen LogP) is 4.56. The van der Waals surface area contributed by atoms with E-state index in [0.717, 1.165) is 6.42 Å². The van der Waals surface area contributed by atoms with Crippen molar-refractivity contribution in [2.45, 2.75) is 96.6 Å². The number of hydrogen-bond donors (Lipinski definition) is 2. The molecule has 0 unspecified atom stereocenters. The zero-order valence-electron chi connectivity index (χ0n) is 13.1. The van der Waals surface area contributed by atoms with Crippen molar-refractivity contribution in [2.24, 2.45) is 5.73 Å². The van der Waals surface area contributed by atoms with Crippen molar-refractivity contribution in [2.75, 3.05) is 0 Å². The topological polar surface area (TPSA) is 46.2 Å². The first kappa shape index (κ1) is 18.7. The Kier molecular flexibility index (Phi) is 13.8. The summed E-state index contributed by atoms with van der Waals surface area (Å²) in [5, 5.41) is 9.48. The maximum Gasteiger partial charge on any atom is 0.0869 e. The second kappa shape index (κ2) is 14.1. The van der Waals surface area contributed by atoms with Crippen LogP contribution in [-0.4, -0.2) is 17.3 Å². The van der Waals surface area contributed by atoms with Crippen molar-refractivity contribution in [3.8, 4) is 0 Å². The lowest BCUT2D eigenvalue weighted by atomic mass is 10.1. The van der Waals surface area contributed by atoms with Gasteiger partial charge in [-0.05, 0) is 19.8 Å². The van der Waals surface area contributed by atoms with E-state index < -0.39 is 6.10 Å². The number of nitrogens with two attached hydrogens (primary N) is 1. The van der Waals surface area contributed by atoms with Crippen LogP contribution in [0, 0.1) is 0 Å². The van der Waals surface area contributed by atoms with Crippen LogP contribution in [0.25, 0.3) is 0 Å². The minimum atomic E-state index is -0.483. The molecule has 0 fully saturated rings. The standard InChI is InChI=1S/C17H35NO/c1-3-4-5-6-7-8-9-10-11-12-13-14-15-17(19)16(2)18/h14-17,19H,3-13,18H2,1-2H3/b15-14+/t16-,17-/m0/s1. The van der Waals surface area contributed by atoms with Crippen molar-refractivity contribution in [3.05, 3.63) is 12.2 Å². The second-order valence-electron chi connectivity index (χ2n) is 5.75. The molecule has 0 bridgehead atoms. The summed E-state index contributed by atoms with van der Waals surface area (Å²) in [6, 6.07) is -0.163. The van der Waals surface area contributed by atoms with Crippen LogP contribution in [0.1, 0.15) is 84.5 Å². The molecule has 0 aromatic heterocycles. The van der Waals surface area contributed by atoms with Crippen molar-refractivity contribution >= 4 is 0 Å². The highest BCUT2D eigenvalue weighted by Gasteiger charge is 2.02. The summed E-state index contributed by atoms with van der Waals surface area (Å²) in [5.41, 5.74) is 5.57. The van der Waals surface area contributed by atoms with E-state index in [2.05, 4.69) is 13.0 Å². The molecule has 0 radical (unpaired) electrons. The molecule has 0 saturated carbocycles. The summed E-state index contributed by atoms with van der Waals surface area (Å²) in [6.45, 7) is 4.09. The van der Waals surface area contributed by atoms with Crippen molar-refractivity contribution in [1.29, 1.82) is 0 Å². The molecule has 0 aliphatic rings. The lowest BCUT2D eigenvalue weighted by molar-refractivity contribution is 0.198. The molecular weight excluding hydrogens is 234 g/mol. The Morgan fingerprint density at radius 3 is 1.84 bits per heavy atom. The van der Waals surface area contributed by atoms with Crippen LogP contribution in [0.4, 0.5) is 0 Å². The third-order valence-electron chi connectivity index (χ3n) is 3.60. The summed E-state index contributed by atoms with van der Waals surface area (Å²) in [6.07, 6.45) is 18.2. The van der Waals surface area contributed by atoms with Gasteiger partial charge in [-0.15, -0.1) is 0 Å². The van der Waals surface area contributed by atoms with Crippen LogP contribution < -0.4 is 5.73 Å². The maximum atomic E-state index is 9.48. The van der Waals surface area contributed by atoms with Crippen LogP contribution in [0.15, 0.2) is 12.2 Å². The molecule has 2 atom stereocenters. The van der Waals surface area contributed by atoms with E-state index in [4.69, 9.17) is 5.73 Å². The lowest BCUT2D eigenvalue weighted by Crippen LogP contribution is -2.29. The molecule has 0 aliphatic heterocycles. The van der Waals surface area contributed by atoms with Gasteiger partial charge in [-0.1, -0.05) is 76.9 Å². The molecule has 0 heterocycles. The lowest BCUT2D eigenvalue weighted by Gasteiger charge is -2.08. The van der Waals surface area contributed by atoms with Gasteiger partial charge in [0, 0.05) is 6.04 Å². The van der Waals surface area contributed by atoms with Crippen LogP contribution >= 0.6 is 0 Å². The molecule has 0 amide bonds. The SMILES string of the molecule is CCCCCCCCCCCC/C=C/[C@H](O)[C@H](C)N. The molecule has 0 rings (SSSR count). The Morgan fingerprint density at radius 1 is 0.895 bits per heavy atom. The summed E-state index contributed by atoms with van der Waals surface area (Å²) >= 11 is 0. The molecule has 2 heteroatoms. The highest BCUT2D eigenvalue weighted by atomic mass is 16.3. The molecule has 3 N–H and O–H groups in total. The van der Waals surface area contributed by atoms with Crippen LogP contribution in [0.5, 0.6) is 0 Å². The molecule has 0 aliphatic carbocycles. The van der Waals surface area contributed by atoms with Gasteiger partial charge in [0.2, 0.25) is 0 Å². The average molecular weight is 269 g/mol. The number of aliphatic hydroxyl groups is 1. The summed E-state index contributed by atoms with van der Waals surface area (Å²) < 4.78 is 0. The van der Waals surface area contributed by atoms with Crippen LogP contribution in [0.3, 0.4) is 0 Å². The number of aliphatic hydroxyl groups excluding tert-OH is 1. The quantitative estimate of drug-likeness (QED) is 0.380. The van der Waals surface area contributed by atoms with Gasteiger partial charge >= 0.3 is 0 Å². The van der Waals surface area contributed by atoms with E-state index in [0.29, 0.717) is 0 Å². The molecule has 19 heavy (non-hydrogen) atoms. The minimum absolute atomic E-state index is 0.163. The van der Waals surface area contributed by atoms with Crippen molar-refractivity contribution in [3.63, 3.8) is 0 Å². The number of unbranched alkanes of at least 4 members (excludes halogenated alkanes) is 10. The first-order valence-electron chi connectivity index (χ1n) is 8.28. The van der Waals surface area contributed by atoms with Crippen LogP contribution in [-0.2, 0) is 0 Å². The Bertz CT molecular complexity index is 201. The molecule has 2 nitrogen and oxygen atoms in total. The molecule has 0 spiro atoms. The normalized spacial score (nSPS) is 14.9. The van der Waals surface area contributed by atoms with Gasteiger partial charge in [-0.2, -0.15) is 0 Å². The van der Waals surface area contributed by atoms with E-state index in [-0.39, 0.29) is 6.04 Å². The molecule has 114 valence electrons. The first-order valence-corrected chi connectivity index (χ1v) is 8.28. The minimum Gasteiger partial charge on any atom is -0.387 e. The first-order chi connectivity index (χ1) is 9.18. The van der Waals surface area contributed by atoms with Crippen molar-refractivity contribution in [1.82, 2.24) is 0 Å². The zero-order valence-corrected chi connectivity index (χ0v) is 13.1. The van der Waals surface area contributed by atoms with E-state index in [1.807, 2.05) is 13.0 Å². The number of hydrogen-bond acceptors (Lipinski definition) is 2. The molecular formula is C17H35NO. The smallest absolute Gasteiger partial charge is 0.0869 e. The van der Waals surface area contributed by atoms with E-state index in [1.54, 1.807) is 0 Å². The molecule has 0 saturated heterocycles. The fraction of sp³-hybridized carbons (Fsp3) is 0.882.